The number of rotatable bonds is 4. The Morgan fingerprint density at radius 2 is 2.48 bits per heavy atom. The minimum atomic E-state index is -0.274. The van der Waals surface area contributed by atoms with Gasteiger partial charge in [-0.25, -0.2) is 4.98 Å². The molecule has 1 aliphatic heterocycles. The van der Waals surface area contributed by atoms with Gasteiger partial charge in [-0.05, 0) is 6.42 Å². The van der Waals surface area contributed by atoms with Gasteiger partial charge < -0.3 is 14.7 Å². The highest BCUT2D eigenvalue weighted by Crippen LogP contribution is 2.29. The van der Waals surface area contributed by atoms with Gasteiger partial charge in [0.05, 0.1) is 6.54 Å². The van der Waals surface area contributed by atoms with Crippen LogP contribution in [0, 0.1) is 0 Å². The van der Waals surface area contributed by atoms with E-state index in [1.54, 1.807) is 23.5 Å². The van der Waals surface area contributed by atoms with Crippen LogP contribution in [-0.2, 0) is 11.3 Å². The Kier molecular flexibility index (Phi) is 3.65. The maximum atomic E-state index is 11.7. The fourth-order valence-electron chi connectivity index (χ4n) is 2.14. The quantitative estimate of drug-likeness (QED) is 0.894. The lowest BCUT2D eigenvalue weighted by atomic mass is 10.2. The van der Waals surface area contributed by atoms with Crippen LogP contribution >= 0.6 is 11.3 Å². The molecule has 2 aromatic rings. The summed E-state index contributed by atoms with van der Waals surface area (Å²) in [6.07, 6.45) is 2.72. The SMILES string of the molecule is CN1C(=O)CC[C@H]1c1nc(CNC(=O)c2nccs2)no1. The minimum absolute atomic E-state index is 0.0665. The highest BCUT2D eigenvalue weighted by Gasteiger charge is 2.33. The van der Waals surface area contributed by atoms with Gasteiger partial charge in [-0.2, -0.15) is 4.98 Å². The molecular weight excluding hydrogens is 294 g/mol. The van der Waals surface area contributed by atoms with Gasteiger partial charge in [0.25, 0.3) is 5.91 Å². The molecule has 1 saturated heterocycles. The first-order chi connectivity index (χ1) is 10.1. The molecule has 3 heterocycles. The van der Waals surface area contributed by atoms with Crippen LogP contribution in [-0.4, -0.2) is 38.9 Å². The van der Waals surface area contributed by atoms with Crippen LogP contribution in [0.15, 0.2) is 16.1 Å². The van der Waals surface area contributed by atoms with Crippen molar-refractivity contribution < 1.29 is 14.1 Å². The molecule has 0 aliphatic carbocycles. The fraction of sp³-hybridized carbons (Fsp3) is 0.417. The summed E-state index contributed by atoms with van der Waals surface area (Å²) in [7, 11) is 1.72. The first kappa shape index (κ1) is 13.7. The first-order valence-electron chi connectivity index (χ1n) is 6.41. The average molecular weight is 307 g/mol. The number of nitrogens with zero attached hydrogens (tertiary/aromatic N) is 4. The van der Waals surface area contributed by atoms with Crippen LogP contribution in [0.5, 0.6) is 0 Å². The molecule has 1 N–H and O–H groups in total. The highest BCUT2D eigenvalue weighted by molar-refractivity contribution is 7.11. The summed E-state index contributed by atoms with van der Waals surface area (Å²) in [6, 6.07) is -0.173. The number of thiazole rings is 1. The van der Waals surface area contributed by atoms with Gasteiger partial charge >= 0.3 is 0 Å². The van der Waals surface area contributed by atoms with Crippen LogP contribution in [0.3, 0.4) is 0 Å². The Morgan fingerprint density at radius 3 is 3.14 bits per heavy atom. The monoisotopic (exact) mass is 307 g/mol. The second kappa shape index (κ2) is 5.60. The number of likely N-dealkylation sites (tertiary alicyclic amines) is 1. The molecule has 2 aromatic heterocycles. The van der Waals surface area contributed by atoms with Crippen molar-refractivity contribution in [3.8, 4) is 0 Å². The molecule has 1 fully saturated rings. The van der Waals surface area contributed by atoms with Crippen LogP contribution in [0.25, 0.3) is 0 Å². The molecule has 0 aromatic carbocycles. The normalized spacial score (nSPS) is 18.2. The Morgan fingerprint density at radius 1 is 1.62 bits per heavy atom. The zero-order chi connectivity index (χ0) is 14.8. The van der Waals surface area contributed by atoms with E-state index in [-0.39, 0.29) is 24.4 Å². The lowest BCUT2D eigenvalue weighted by Gasteiger charge is -2.14. The minimum Gasteiger partial charge on any atom is -0.343 e. The van der Waals surface area contributed by atoms with Crippen molar-refractivity contribution in [2.75, 3.05) is 7.05 Å². The largest absolute Gasteiger partial charge is 0.343 e. The summed E-state index contributed by atoms with van der Waals surface area (Å²) in [5.41, 5.74) is 0. The van der Waals surface area contributed by atoms with E-state index in [1.165, 1.54) is 11.3 Å². The molecule has 110 valence electrons. The maximum absolute atomic E-state index is 11.7. The van der Waals surface area contributed by atoms with Crippen molar-refractivity contribution in [2.45, 2.75) is 25.4 Å². The molecule has 0 bridgehead atoms. The van der Waals surface area contributed by atoms with Gasteiger partial charge in [0.2, 0.25) is 11.8 Å². The predicted octanol–water partition coefficient (Wildman–Crippen LogP) is 0.749. The van der Waals surface area contributed by atoms with Gasteiger partial charge in [-0.1, -0.05) is 5.16 Å². The van der Waals surface area contributed by atoms with E-state index >= 15 is 0 Å². The summed E-state index contributed by atoms with van der Waals surface area (Å²) in [5.74, 6) is 0.575. The molecule has 0 spiro atoms. The lowest BCUT2D eigenvalue weighted by Crippen LogP contribution is -2.24. The number of carbonyl (C=O) groups excluding carboxylic acids is 2. The van der Waals surface area contributed by atoms with Gasteiger partial charge in [0, 0.05) is 25.0 Å². The van der Waals surface area contributed by atoms with Gasteiger partial charge in [0.1, 0.15) is 6.04 Å². The van der Waals surface area contributed by atoms with Crippen LogP contribution in [0.2, 0.25) is 0 Å². The number of hydrogen-bond donors (Lipinski definition) is 1. The number of nitrogens with one attached hydrogen (secondary N) is 1. The molecule has 21 heavy (non-hydrogen) atoms. The third-order valence-corrected chi connectivity index (χ3v) is 4.07. The summed E-state index contributed by atoms with van der Waals surface area (Å²) < 4.78 is 5.17. The Labute approximate surface area is 124 Å². The van der Waals surface area contributed by atoms with E-state index in [0.29, 0.717) is 29.6 Å². The number of aromatic nitrogens is 3. The van der Waals surface area contributed by atoms with Gasteiger partial charge in [-0.15, -0.1) is 11.3 Å². The van der Waals surface area contributed by atoms with Crippen molar-refractivity contribution in [3.63, 3.8) is 0 Å². The molecule has 1 aliphatic rings. The molecule has 9 heteroatoms. The Hall–Kier alpha value is -2.29. The fourth-order valence-corrected chi connectivity index (χ4v) is 2.69. The first-order valence-corrected chi connectivity index (χ1v) is 7.29. The molecule has 8 nitrogen and oxygen atoms in total. The van der Waals surface area contributed by atoms with E-state index in [0.717, 1.165) is 0 Å². The summed E-state index contributed by atoms with van der Waals surface area (Å²) in [6.45, 7) is 0.159. The van der Waals surface area contributed by atoms with Crippen molar-refractivity contribution in [2.24, 2.45) is 0 Å². The molecular formula is C12H13N5O3S. The number of amides is 2. The Bertz CT molecular complexity index is 654. The van der Waals surface area contributed by atoms with Crippen LogP contribution in [0.4, 0.5) is 0 Å². The van der Waals surface area contributed by atoms with Gasteiger partial charge in [0.15, 0.2) is 10.8 Å². The van der Waals surface area contributed by atoms with E-state index < -0.39 is 0 Å². The molecule has 2 amide bonds. The predicted molar refractivity (Wildman–Crippen MR) is 72.3 cm³/mol. The van der Waals surface area contributed by atoms with Crippen molar-refractivity contribution >= 4 is 23.2 Å². The zero-order valence-electron chi connectivity index (χ0n) is 11.3. The summed E-state index contributed by atoms with van der Waals surface area (Å²) in [5, 5.41) is 8.61. The van der Waals surface area contributed by atoms with Crippen LogP contribution in [0.1, 0.15) is 40.4 Å². The average Bonchev–Trinajstić information content (AvgIpc) is 3.20. The molecule has 0 saturated carbocycles. The van der Waals surface area contributed by atoms with E-state index in [1.807, 2.05) is 0 Å². The van der Waals surface area contributed by atoms with Crippen molar-refractivity contribution in [3.05, 3.63) is 28.3 Å². The van der Waals surface area contributed by atoms with E-state index in [2.05, 4.69) is 20.4 Å². The zero-order valence-corrected chi connectivity index (χ0v) is 12.1. The highest BCUT2D eigenvalue weighted by atomic mass is 32.1. The molecule has 1 atom stereocenters. The van der Waals surface area contributed by atoms with E-state index in [4.69, 9.17) is 4.52 Å². The standard InChI is InChI=1S/C12H13N5O3S/c1-17-7(2-3-9(17)18)11-15-8(16-20-11)6-14-10(19)12-13-4-5-21-12/h4-5,7H,2-3,6H2,1H3,(H,14,19)/t7-/m0/s1. The summed E-state index contributed by atoms with van der Waals surface area (Å²) >= 11 is 1.26. The van der Waals surface area contributed by atoms with Crippen LogP contribution < -0.4 is 5.32 Å². The van der Waals surface area contributed by atoms with Gasteiger partial charge in [-0.3, -0.25) is 9.59 Å². The topological polar surface area (TPSA) is 101 Å². The van der Waals surface area contributed by atoms with Crippen molar-refractivity contribution in [1.29, 1.82) is 0 Å². The Balaban J connectivity index is 1.61. The third kappa shape index (κ3) is 2.77. The second-order valence-electron chi connectivity index (χ2n) is 4.63. The third-order valence-electron chi connectivity index (χ3n) is 3.30. The number of carbonyl (C=O) groups is 2. The maximum Gasteiger partial charge on any atom is 0.280 e. The van der Waals surface area contributed by atoms with E-state index in [9.17, 15) is 9.59 Å². The molecule has 0 radical (unpaired) electrons. The molecule has 0 unspecified atom stereocenters. The van der Waals surface area contributed by atoms with Crippen molar-refractivity contribution in [1.82, 2.24) is 25.3 Å². The smallest absolute Gasteiger partial charge is 0.280 e. The lowest BCUT2D eigenvalue weighted by molar-refractivity contribution is -0.127. The summed E-state index contributed by atoms with van der Waals surface area (Å²) in [4.78, 5) is 33.0. The molecule has 3 rings (SSSR count). The number of hydrogen-bond acceptors (Lipinski definition) is 7. The second-order valence-corrected chi connectivity index (χ2v) is 5.52.